The van der Waals surface area contributed by atoms with Crippen molar-refractivity contribution in [3.63, 3.8) is 0 Å². The van der Waals surface area contributed by atoms with Gasteiger partial charge in [-0.25, -0.2) is 4.98 Å². The molecule has 1 aromatic rings. The molecule has 1 aliphatic rings. The summed E-state index contributed by atoms with van der Waals surface area (Å²) < 4.78 is 5.73. The molecule has 0 spiro atoms. The van der Waals surface area contributed by atoms with Crippen molar-refractivity contribution in [2.75, 3.05) is 31.1 Å². The van der Waals surface area contributed by atoms with E-state index in [4.69, 9.17) is 4.74 Å². The lowest BCUT2D eigenvalue weighted by atomic mass is 9.98. The minimum atomic E-state index is 0.131. The van der Waals surface area contributed by atoms with Crippen LogP contribution in [0.25, 0.3) is 0 Å². The predicted molar refractivity (Wildman–Crippen MR) is 86.0 cm³/mol. The molecular formula is C16H28N4O. The average molecular weight is 292 g/mol. The first-order valence-electron chi connectivity index (χ1n) is 8.06. The van der Waals surface area contributed by atoms with Crippen LogP contribution in [-0.4, -0.2) is 42.3 Å². The summed E-state index contributed by atoms with van der Waals surface area (Å²) >= 11 is 0. The normalized spacial score (nSPS) is 16.2. The van der Waals surface area contributed by atoms with Crippen molar-refractivity contribution >= 4 is 5.95 Å². The number of hydrogen-bond acceptors (Lipinski definition) is 5. The van der Waals surface area contributed by atoms with Gasteiger partial charge in [-0.2, -0.15) is 4.98 Å². The van der Waals surface area contributed by atoms with Crippen molar-refractivity contribution in [1.82, 2.24) is 15.3 Å². The largest absolute Gasteiger partial charge is 0.475 e. The molecule has 1 aromatic heterocycles. The molecule has 0 saturated carbocycles. The Balaban J connectivity index is 2.10. The van der Waals surface area contributed by atoms with Crippen LogP contribution in [0, 0.1) is 12.8 Å². The van der Waals surface area contributed by atoms with Gasteiger partial charge in [-0.05, 0) is 59.5 Å². The molecule has 0 amide bonds. The summed E-state index contributed by atoms with van der Waals surface area (Å²) in [4.78, 5) is 11.5. The molecule has 0 atom stereocenters. The fourth-order valence-corrected chi connectivity index (χ4v) is 2.70. The van der Waals surface area contributed by atoms with Gasteiger partial charge < -0.3 is 15.0 Å². The molecule has 1 aliphatic heterocycles. The molecule has 0 aromatic carbocycles. The van der Waals surface area contributed by atoms with Crippen LogP contribution >= 0.6 is 0 Å². The molecule has 0 radical (unpaired) electrons. The van der Waals surface area contributed by atoms with Crippen LogP contribution in [0.5, 0.6) is 5.88 Å². The van der Waals surface area contributed by atoms with Gasteiger partial charge in [0.05, 0.1) is 6.10 Å². The molecular weight excluding hydrogens is 264 g/mol. The van der Waals surface area contributed by atoms with E-state index in [0.717, 1.165) is 43.7 Å². The molecule has 5 nitrogen and oxygen atoms in total. The Kier molecular flexibility index (Phi) is 5.79. The molecule has 21 heavy (non-hydrogen) atoms. The third-order valence-corrected chi connectivity index (χ3v) is 3.78. The van der Waals surface area contributed by atoms with Gasteiger partial charge in [0.15, 0.2) is 0 Å². The zero-order chi connectivity index (χ0) is 15.2. The fourth-order valence-electron chi connectivity index (χ4n) is 2.70. The summed E-state index contributed by atoms with van der Waals surface area (Å²) in [6.45, 7) is 12.4. The van der Waals surface area contributed by atoms with Crippen LogP contribution in [-0.2, 0) is 0 Å². The van der Waals surface area contributed by atoms with Gasteiger partial charge in [0.1, 0.15) is 0 Å². The number of ether oxygens (including phenoxy) is 1. The lowest BCUT2D eigenvalue weighted by molar-refractivity contribution is 0.232. The number of piperidine rings is 1. The van der Waals surface area contributed by atoms with E-state index < -0.39 is 0 Å². The van der Waals surface area contributed by atoms with Gasteiger partial charge in [0, 0.05) is 24.8 Å². The maximum Gasteiger partial charge on any atom is 0.228 e. The summed E-state index contributed by atoms with van der Waals surface area (Å²) in [5.41, 5.74) is 0.958. The highest BCUT2D eigenvalue weighted by atomic mass is 16.5. The third-order valence-electron chi connectivity index (χ3n) is 3.78. The Morgan fingerprint density at radius 1 is 1.33 bits per heavy atom. The van der Waals surface area contributed by atoms with E-state index in [9.17, 15) is 0 Å². The van der Waals surface area contributed by atoms with Crippen molar-refractivity contribution in [3.05, 3.63) is 11.8 Å². The first kappa shape index (κ1) is 16.0. The van der Waals surface area contributed by atoms with E-state index in [1.807, 2.05) is 26.8 Å². The highest BCUT2D eigenvalue weighted by molar-refractivity contribution is 5.34. The molecule has 0 bridgehead atoms. The number of rotatable bonds is 6. The van der Waals surface area contributed by atoms with Gasteiger partial charge in [-0.1, -0.05) is 0 Å². The molecule has 5 heteroatoms. The maximum absolute atomic E-state index is 5.73. The smallest absolute Gasteiger partial charge is 0.228 e. The average Bonchev–Trinajstić information content (AvgIpc) is 2.44. The summed E-state index contributed by atoms with van der Waals surface area (Å²) in [5.74, 6) is 2.20. The monoisotopic (exact) mass is 292 g/mol. The van der Waals surface area contributed by atoms with E-state index >= 15 is 0 Å². The lowest BCUT2D eigenvalue weighted by Crippen LogP contribution is -2.37. The highest BCUT2D eigenvalue weighted by Gasteiger charge is 2.19. The van der Waals surface area contributed by atoms with Gasteiger partial charge >= 0.3 is 0 Å². The van der Waals surface area contributed by atoms with Crippen LogP contribution in [0.3, 0.4) is 0 Å². The number of hydrogen-bond donors (Lipinski definition) is 1. The predicted octanol–water partition coefficient (Wildman–Crippen LogP) is 2.40. The standard InChI is InChI=1S/C16H28N4O/c1-5-20(11-14-6-8-17-9-7-14)16-18-13(4)10-15(19-16)21-12(2)3/h10,12,14,17H,5-9,11H2,1-4H3. The molecule has 1 N–H and O–H groups in total. The molecule has 0 aliphatic carbocycles. The van der Waals surface area contributed by atoms with Crippen molar-refractivity contribution in [1.29, 1.82) is 0 Å². The van der Waals surface area contributed by atoms with E-state index in [1.165, 1.54) is 12.8 Å². The van der Waals surface area contributed by atoms with E-state index in [1.54, 1.807) is 0 Å². The lowest BCUT2D eigenvalue weighted by Gasteiger charge is -2.29. The van der Waals surface area contributed by atoms with Crippen molar-refractivity contribution in [3.8, 4) is 5.88 Å². The minimum Gasteiger partial charge on any atom is -0.475 e. The van der Waals surface area contributed by atoms with E-state index in [-0.39, 0.29) is 6.10 Å². The Bertz CT molecular complexity index is 444. The van der Waals surface area contributed by atoms with Crippen LogP contribution in [0.4, 0.5) is 5.95 Å². The summed E-state index contributed by atoms with van der Waals surface area (Å²) in [7, 11) is 0. The number of nitrogens with one attached hydrogen (secondary N) is 1. The number of aryl methyl sites for hydroxylation is 1. The van der Waals surface area contributed by atoms with Gasteiger partial charge in [0.25, 0.3) is 0 Å². The molecule has 1 saturated heterocycles. The first-order valence-corrected chi connectivity index (χ1v) is 8.06. The molecule has 118 valence electrons. The minimum absolute atomic E-state index is 0.131. The molecule has 2 rings (SSSR count). The van der Waals surface area contributed by atoms with Crippen molar-refractivity contribution in [2.24, 2.45) is 5.92 Å². The van der Waals surface area contributed by atoms with Gasteiger partial charge in [-0.3, -0.25) is 0 Å². The molecule has 2 heterocycles. The van der Waals surface area contributed by atoms with Gasteiger partial charge in [0.2, 0.25) is 11.8 Å². The maximum atomic E-state index is 5.73. The van der Waals surface area contributed by atoms with E-state index in [2.05, 4.69) is 27.1 Å². The Labute approximate surface area is 128 Å². The fraction of sp³-hybridized carbons (Fsp3) is 0.750. The van der Waals surface area contributed by atoms with Crippen molar-refractivity contribution in [2.45, 2.75) is 46.6 Å². The molecule has 0 unspecified atom stereocenters. The second kappa shape index (κ2) is 7.59. The topological polar surface area (TPSA) is 50.3 Å². The summed E-state index contributed by atoms with van der Waals surface area (Å²) in [6, 6.07) is 1.90. The zero-order valence-corrected chi connectivity index (χ0v) is 13.7. The number of aromatic nitrogens is 2. The quantitative estimate of drug-likeness (QED) is 0.872. The zero-order valence-electron chi connectivity index (χ0n) is 13.7. The van der Waals surface area contributed by atoms with Crippen LogP contribution in [0.2, 0.25) is 0 Å². The van der Waals surface area contributed by atoms with Gasteiger partial charge in [-0.15, -0.1) is 0 Å². The Morgan fingerprint density at radius 2 is 2.05 bits per heavy atom. The third kappa shape index (κ3) is 4.84. The highest BCUT2D eigenvalue weighted by Crippen LogP contribution is 2.20. The summed E-state index contributed by atoms with van der Waals surface area (Å²) in [6.07, 6.45) is 2.60. The molecule has 1 fully saturated rings. The Morgan fingerprint density at radius 3 is 2.67 bits per heavy atom. The van der Waals surface area contributed by atoms with Crippen LogP contribution in [0.15, 0.2) is 6.07 Å². The van der Waals surface area contributed by atoms with Crippen molar-refractivity contribution < 1.29 is 4.74 Å². The number of nitrogens with zero attached hydrogens (tertiary/aromatic N) is 3. The van der Waals surface area contributed by atoms with Crippen LogP contribution < -0.4 is 15.0 Å². The second-order valence-electron chi connectivity index (χ2n) is 6.05. The summed E-state index contributed by atoms with van der Waals surface area (Å²) in [5, 5.41) is 3.42. The second-order valence-corrected chi connectivity index (χ2v) is 6.05. The first-order chi connectivity index (χ1) is 10.1. The SMILES string of the molecule is CCN(CC1CCNCC1)c1nc(C)cc(OC(C)C)n1. The number of anilines is 1. The van der Waals surface area contributed by atoms with E-state index in [0.29, 0.717) is 5.88 Å². The Hall–Kier alpha value is -1.36. The van der Waals surface area contributed by atoms with Crippen LogP contribution in [0.1, 0.15) is 39.3 Å².